The molecule has 6 heteroatoms. The number of hydrogen-bond acceptors (Lipinski definition) is 3. The molecule has 1 aliphatic heterocycles. The Labute approximate surface area is 147 Å². The van der Waals surface area contributed by atoms with Crippen molar-refractivity contribution in [2.45, 2.75) is 25.7 Å². The molecule has 2 aromatic rings. The molecule has 2 aromatic heterocycles. The number of nitrogens with one attached hydrogen (secondary N) is 2. The summed E-state index contributed by atoms with van der Waals surface area (Å²) in [5.74, 6) is 0.436. The predicted molar refractivity (Wildman–Crippen MR) is 95.0 cm³/mol. The summed E-state index contributed by atoms with van der Waals surface area (Å²) in [6.45, 7) is 2.12. The summed E-state index contributed by atoms with van der Waals surface area (Å²) in [6.07, 6.45) is 10.2. The minimum absolute atomic E-state index is 0.0536. The number of amides is 2. The van der Waals surface area contributed by atoms with Gasteiger partial charge in [-0.1, -0.05) is 6.07 Å². The fraction of sp³-hybridized carbons (Fsp3) is 0.421. The fourth-order valence-corrected chi connectivity index (χ4v) is 3.21. The first-order chi connectivity index (χ1) is 12.2. The van der Waals surface area contributed by atoms with E-state index >= 15 is 0 Å². The standard InChI is InChI=1S/C19H24N4O2/c24-18(6-5-15-3-1-8-20-11-15)22-12-16-4-2-10-23(14-16)19(25)17-7-9-21-13-17/h1,3,7-9,11,13,16,21H,2,4-6,10,12,14H2,(H,22,24). The summed E-state index contributed by atoms with van der Waals surface area (Å²) in [6, 6.07) is 5.66. The van der Waals surface area contributed by atoms with E-state index in [-0.39, 0.29) is 11.8 Å². The van der Waals surface area contributed by atoms with Gasteiger partial charge < -0.3 is 15.2 Å². The molecule has 2 N–H and O–H groups in total. The van der Waals surface area contributed by atoms with E-state index < -0.39 is 0 Å². The Kier molecular flexibility index (Phi) is 5.82. The van der Waals surface area contributed by atoms with Crippen LogP contribution in [0.5, 0.6) is 0 Å². The van der Waals surface area contributed by atoms with Crippen LogP contribution in [0.25, 0.3) is 0 Å². The molecule has 0 spiro atoms. The van der Waals surface area contributed by atoms with Crippen LogP contribution in [0.15, 0.2) is 43.0 Å². The van der Waals surface area contributed by atoms with Crippen molar-refractivity contribution < 1.29 is 9.59 Å². The lowest BCUT2D eigenvalue weighted by Crippen LogP contribution is -2.43. The van der Waals surface area contributed by atoms with E-state index in [1.807, 2.05) is 17.0 Å². The topological polar surface area (TPSA) is 78.1 Å². The van der Waals surface area contributed by atoms with E-state index in [1.165, 1.54) is 0 Å². The number of aromatic amines is 1. The lowest BCUT2D eigenvalue weighted by atomic mass is 9.97. The first-order valence-corrected chi connectivity index (χ1v) is 8.80. The van der Waals surface area contributed by atoms with Gasteiger partial charge in [0.25, 0.3) is 5.91 Å². The Balaban J connectivity index is 1.42. The third-order valence-corrected chi connectivity index (χ3v) is 4.60. The Morgan fingerprint density at radius 1 is 1.36 bits per heavy atom. The molecule has 0 aromatic carbocycles. The maximum atomic E-state index is 12.4. The molecule has 0 aliphatic carbocycles. The number of piperidine rings is 1. The summed E-state index contributed by atoms with van der Waals surface area (Å²) in [7, 11) is 0. The molecule has 3 rings (SSSR count). The summed E-state index contributed by atoms with van der Waals surface area (Å²) in [5.41, 5.74) is 1.76. The van der Waals surface area contributed by atoms with Crippen molar-refractivity contribution >= 4 is 11.8 Å². The Morgan fingerprint density at radius 3 is 3.04 bits per heavy atom. The molecule has 1 unspecified atom stereocenters. The molecule has 0 bridgehead atoms. The number of carbonyl (C=O) groups excluding carboxylic acids is 2. The van der Waals surface area contributed by atoms with Gasteiger partial charge in [0.05, 0.1) is 5.56 Å². The van der Waals surface area contributed by atoms with Crippen molar-refractivity contribution in [1.82, 2.24) is 20.2 Å². The number of hydrogen-bond donors (Lipinski definition) is 2. The minimum atomic E-state index is 0.0536. The zero-order valence-electron chi connectivity index (χ0n) is 14.3. The number of rotatable bonds is 6. The molecule has 132 valence electrons. The van der Waals surface area contributed by atoms with Crippen LogP contribution in [0.2, 0.25) is 0 Å². The summed E-state index contributed by atoms with van der Waals surface area (Å²) in [5, 5.41) is 3.01. The van der Waals surface area contributed by atoms with Gasteiger partial charge in [-0.15, -0.1) is 0 Å². The van der Waals surface area contributed by atoms with Crippen LogP contribution in [0.3, 0.4) is 0 Å². The molecule has 1 fully saturated rings. The second kappa shape index (κ2) is 8.46. The molecular formula is C19H24N4O2. The lowest BCUT2D eigenvalue weighted by Gasteiger charge is -2.32. The Morgan fingerprint density at radius 2 is 2.28 bits per heavy atom. The highest BCUT2D eigenvalue weighted by atomic mass is 16.2. The van der Waals surface area contributed by atoms with Gasteiger partial charge in [0.1, 0.15) is 0 Å². The second-order valence-corrected chi connectivity index (χ2v) is 6.52. The SMILES string of the molecule is O=C(CCc1cccnc1)NCC1CCCN(C(=O)c2cc[nH]c2)C1. The van der Waals surface area contributed by atoms with E-state index in [4.69, 9.17) is 0 Å². The molecule has 0 radical (unpaired) electrons. The van der Waals surface area contributed by atoms with Gasteiger partial charge in [0, 0.05) is 50.8 Å². The highest BCUT2D eigenvalue weighted by Gasteiger charge is 2.24. The van der Waals surface area contributed by atoms with Crippen LogP contribution in [0.1, 0.15) is 35.2 Å². The molecule has 3 heterocycles. The first kappa shape index (κ1) is 17.2. The van der Waals surface area contributed by atoms with Crippen molar-refractivity contribution in [2.75, 3.05) is 19.6 Å². The third-order valence-electron chi connectivity index (χ3n) is 4.60. The van der Waals surface area contributed by atoms with Crippen LogP contribution in [-0.4, -0.2) is 46.3 Å². The van der Waals surface area contributed by atoms with Gasteiger partial charge in [-0.05, 0) is 42.9 Å². The van der Waals surface area contributed by atoms with E-state index in [1.54, 1.807) is 30.9 Å². The number of nitrogens with zero attached hydrogens (tertiary/aromatic N) is 2. The van der Waals surface area contributed by atoms with E-state index in [0.717, 1.165) is 24.9 Å². The second-order valence-electron chi connectivity index (χ2n) is 6.52. The first-order valence-electron chi connectivity index (χ1n) is 8.80. The number of aromatic nitrogens is 2. The van der Waals surface area contributed by atoms with Crippen molar-refractivity contribution in [3.63, 3.8) is 0 Å². The van der Waals surface area contributed by atoms with Gasteiger partial charge in [0.15, 0.2) is 0 Å². The van der Waals surface area contributed by atoms with Crippen LogP contribution in [-0.2, 0) is 11.2 Å². The normalized spacial score (nSPS) is 17.3. The smallest absolute Gasteiger partial charge is 0.255 e. The number of carbonyl (C=O) groups is 2. The molecular weight excluding hydrogens is 316 g/mol. The van der Waals surface area contributed by atoms with Gasteiger partial charge >= 0.3 is 0 Å². The maximum Gasteiger partial charge on any atom is 0.255 e. The highest BCUT2D eigenvalue weighted by Crippen LogP contribution is 2.18. The van der Waals surface area contributed by atoms with Crippen LogP contribution in [0, 0.1) is 5.92 Å². The predicted octanol–water partition coefficient (Wildman–Crippen LogP) is 2.01. The monoisotopic (exact) mass is 340 g/mol. The molecule has 1 aliphatic rings. The van der Waals surface area contributed by atoms with Gasteiger partial charge in [-0.25, -0.2) is 0 Å². The average Bonchev–Trinajstić information content (AvgIpc) is 3.20. The molecule has 25 heavy (non-hydrogen) atoms. The largest absolute Gasteiger partial charge is 0.367 e. The molecule has 1 saturated heterocycles. The van der Waals surface area contributed by atoms with E-state index in [2.05, 4.69) is 15.3 Å². The summed E-state index contributed by atoms with van der Waals surface area (Å²) >= 11 is 0. The van der Waals surface area contributed by atoms with E-state index in [0.29, 0.717) is 37.4 Å². The van der Waals surface area contributed by atoms with Crippen molar-refractivity contribution in [3.8, 4) is 0 Å². The maximum absolute atomic E-state index is 12.4. The van der Waals surface area contributed by atoms with Crippen LogP contribution in [0.4, 0.5) is 0 Å². The minimum Gasteiger partial charge on any atom is -0.367 e. The molecule has 6 nitrogen and oxygen atoms in total. The van der Waals surface area contributed by atoms with Crippen molar-refractivity contribution in [2.24, 2.45) is 5.92 Å². The Hall–Kier alpha value is -2.63. The third kappa shape index (κ3) is 4.92. The molecule has 0 saturated carbocycles. The Bertz CT molecular complexity index is 685. The van der Waals surface area contributed by atoms with E-state index in [9.17, 15) is 9.59 Å². The van der Waals surface area contributed by atoms with Gasteiger partial charge in [-0.2, -0.15) is 0 Å². The quantitative estimate of drug-likeness (QED) is 0.844. The number of aryl methyl sites for hydroxylation is 1. The summed E-state index contributed by atoms with van der Waals surface area (Å²) < 4.78 is 0. The van der Waals surface area contributed by atoms with Crippen LogP contribution < -0.4 is 5.32 Å². The van der Waals surface area contributed by atoms with Crippen molar-refractivity contribution in [1.29, 1.82) is 0 Å². The molecule has 1 atom stereocenters. The van der Waals surface area contributed by atoms with Gasteiger partial charge in [0.2, 0.25) is 5.91 Å². The number of H-pyrrole nitrogens is 1. The average molecular weight is 340 g/mol. The number of pyridine rings is 1. The van der Waals surface area contributed by atoms with Gasteiger partial charge in [-0.3, -0.25) is 14.6 Å². The fourth-order valence-electron chi connectivity index (χ4n) is 3.21. The summed E-state index contributed by atoms with van der Waals surface area (Å²) in [4.78, 5) is 33.3. The molecule has 2 amide bonds. The number of likely N-dealkylation sites (tertiary alicyclic amines) is 1. The van der Waals surface area contributed by atoms with Crippen LogP contribution >= 0.6 is 0 Å². The highest BCUT2D eigenvalue weighted by molar-refractivity contribution is 5.94. The zero-order chi connectivity index (χ0) is 17.5. The zero-order valence-corrected chi connectivity index (χ0v) is 14.3. The van der Waals surface area contributed by atoms with Crippen molar-refractivity contribution in [3.05, 3.63) is 54.1 Å². The lowest BCUT2D eigenvalue weighted by molar-refractivity contribution is -0.121.